The second-order valence-corrected chi connectivity index (χ2v) is 7.48. The van der Waals surface area contributed by atoms with Crippen molar-refractivity contribution in [3.05, 3.63) is 58.4 Å². The van der Waals surface area contributed by atoms with E-state index in [-0.39, 0.29) is 17.4 Å². The fraction of sp³-hybridized carbons (Fsp3) is 0.429. The molecule has 1 aromatic carbocycles. The Bertz CT molecular complexity index is 902. The molecule has 9 heteroatoms. The van der Waals surface area contributed by atoms with Crippen LogP contribution in [0.3, 0.4) is 0 Å². The molecular formula is C21H27N5O4. The van der Waals surface area contributed by atoms with Crippen molar-refractivity contribution < 1.29 is 14.5 Å². The quantitative estimate of drug-likeness (QED) is 0.430. The first-order chi connectivity index (χ1) is 14.5. The number of nitrogens with zero attached hydrogens (tertiary/aromatic N) is 3. The average molecular weight is 413 g/mol. The molecule has 0 aliphatic carbocycles. The van der Waals surface area contributed by atoms with Crippen molar-refractivity contribution in [1.29, 1.82) is 0 Å². The van der Waals surface area contributed by atoms with Gasteiger partial charge in [0, 0.05) is 43.3 Å². The van der Waals surface area contributed by atoms with Crippen LogP contribution in [0.4, 0.5) is 11.4 Å². The highest BCUT2D eigenvalue weighted by Crippen LogP contribution is 2.24. The summed E-state index contributed by atoms with van der Waals surface area (Å²) in [5, 5.41) is 16.0. The molecule has 2 amide bonds. The van der Waals surface area contributed by atoms with Crippen LogP contribution in [0.25, 0.3) is 0 Å². The molecule has 30 heavy (non-hydrogen) atoms. The molecule has 1 saturated heterocycles. The van der Waals surface area contributed by atoms with Crippen LogP contribution in [0.5, 0.6) is 0 Å². The molecule has 1 fully saturated rings. The van der Waals surface area contributed by atoms with E-state index >= 15 is 0 Å². The van der Waals surface area contributed by atoms with Gasteiger partial charge in [0.2, 0.25) is 0 Å². The Balaban J connectivity index is 1.65. The Kier molecular flexibility index (Phi) is 7.18. The van der Waals surface area contributed by atoms with Crippen LogP contribution < -0.4 is 10.6 Å². The van der Waals surface area contributed by atoms with Gasteiger partial charge in [-0.3, -0.25) is 24.6 Å². The molecule has 160 valence electrons. The van der Waals surface area contributed by atoms with E-state index in [1.54, 1.807) is 0 Å². The van der Waals surface area contributed by atoms with E-state index in [9.17, 15) is 19.7 Å². The maximum absolute atomic E-state index is 12.4. The monoisotopic (exact) mass is 413 g/mol. The molecule has 9 nitrogen and oxygen atoms in total. The number of nitro benzene ring substituents is 1. The van der Waals surface area contributed by atoms with Gasteiger partial charge in [0.05, 0.1) is 11.0 Å². The van der Waals surface area contributed by atoms with E-state index in [0.717, 1.165) is 31.6 Å². The van der Waals surface area contributed by atoms with Gasteiger partial charge in [-0.2, -0.15) is 0 Å². The van der Waals surface area contributed by atoms with Crippen molar-refractivity contribution in [2.45, 2.75) is 31.7 Å². The van der Waals surface area contributed by atoms with E-state index in [2.05, 4.69) is 15.5 Å². The minimum Gasteiger partial charge on any atom is -0.353 e. The third-order valence-electron chi connectivity index (χ3n) is 5.38. The summed E-state index contributed by atoms with van der Waals surface area (Å²) in [6, 6.07) is 9.47. The number of aryl methyl sites for hydroxylation is 1. The van der Waals surface area contributed by atoms with Crippen LogP contribution in [-0.4, -0.2) is 45.8 Å². The standard InChI is InChI=1S/C21H27N5O4/c1-24-11-7-10-18(24)19(25-12-4-2-3-5-13-25)15-22-20(27)21(28)23-16-8-6-9-17(14-16)26(29)30/h6-11,14,19H,2-5,12-13,15H2,1H3,(H,22,27)(H,23,28). The minimum atomic E-state index is -0.850. The predicted molar refractivity (Wildman–Crippen MR) is 113 cm³/mol. The minimum absolute atomic E-state index is 0.0299. The van der Waals surface area contributed by atoms with Gasteiger partial charge < -0.3 is 15.2 Å². The van der Waals surface area contributed by atoms with Gasteiger partial charge in [0.1, 0.15) is 0 Å². The van der Waals surface area contributed by atoms with E-state index in [1.807, 2.05) is 29.9 Å². The Hall–Kier alpha value is -3.20. The molecule has 0 saturated carbocycles. The van der Waals surface area contributed by atoms with Gasteiger partial charge in [-0.05, 0) is 44.1 Å². The van der Waals surface area contributed by atoms with Crippen LogP contribution >= 0.6 is 0 Å². The van der Waals surface area contributed by atoms with Gasteiger partial charge >= 0.3 is 11.8 Å². The molecule has 1 aromatic heterocycles. The maximum Gasteiger partial charge on any atom is 0.313 e. The first-order valence-corrected chi connectivity index (χ1v) is 10.1. The number of rotatable bonds is 6. The van der Waals surface area contributed by atoms with E-state index < -0.39 is 16.7 Å². The number of aromatic nitrogens is 1. The highest BCUT2D eigenvalue weighted by molar-refractivity contribution is 6.39. The summed E-state index contributed by atoms with van der Waals surface area (Å²) in [4.78, 5) is 37.4. The second kappa shape index (κ2) is 10.0. The van der Waals surface area contributed by atoms with Crippen molar-refractivity contribution in [2.75, 3.05) is 25.0 Å². The SMILES string of the molecule is Cn1cccc1C(CNC(=O)C(=O)Nc1cccc([N+](=O)[O-])c1)N1CCCCCC1. The van der Waals surface area contributed by atoms with Crippen molar-refractivity contribution in [1.82, 2.24) is 14.8 Å². The average Bonchev–Trinajstić information content (AvgIpc) is 2.98. The van der Waals surface area contributed by atoms with Crippen molar-refractivity contribution in [2.24, 2.45) is 7.05 Å². The third kappa shape index (κ3) is 5.44. The van der Waals surface area contributed by atoms with E-state index in [0.29, 0.717) is 6.54 Å². The Labute approximate surface area is 175 Å². The summed E-state index contributed by atoms with van der Waals surface area (Å²) in [7, 11) is 1.97. The zero-order chi connectivity index (χ0) is 21.5. The number of carbonyl (C=O) groups is 2. The number of anilines is 1. The first kappa shape index (κ1) is 21.5. The lowest BCUT2D eigenvalue weighted by atomic mass is 10.1. The lowest BCUT2D eigenvalue weighted by Crippen LogP contribution is -2.42. The fourth-order valence-electron chi connectivity index (χ4n) is 3.80. The summed E-state index contributed by atoms with van der Waals surface area (Å²) in [6.45, 7) is 2.20. The number of hydrogen-bond acceptors (Lipinski definition) is 5. The molecular weight excluding hydrogens is 386 g/mol. The first-order valence-electron chi connectivity index (χ1n) is 10.1. The number of carbonyl (C=O) groups excluding carboxylic acids is 2. The second-order valence-electron chi connectivity index (χ2n) is 7.48. The molecule has 2 aromatic rings. The summed E-state index contributed by atoms with van der Waals surface area (Å²) < 4.78 is 2.03. The van der Waals surface area contributed by atoms with Crippen LogP contribution in [-0.2, 0) is 16.6 Å². The molecule has 0 spiro atoms. The van der Waals surface area contributed by atoms with E-state index in [1.165, 1.54) is 37.1 Å². The van der Waals surface area contributed by atoms with Crippen molar-refractivity contribution >= 4 is 23.2 Å². The maximum atomic E-state index is 12.4. The van der Waals surface area contributed by atoms with Crippen LogP contribution in [0.1, 0.15) is 37.4 Å². The molecule has 0 radical (unpaired) electrons. The highest BCUT2D eigenvalue weighted by Gasteiger charge is 2.25. The summed E-state index contributed by atoms with van der Waals surface area (Å²) in [5.74, 6) is -1.62. The van der Waals surface area contributed by atoms with Crippen LogP contribution in [0, 0.1) is 10.1 Å². The molecule has 2 heterocycles. The van der Waals surface area contributed by atoms with Gasteiger partial charge in [0.25, 0.3) is 5.69 Å². The van der Waals surface area contributed by atoms with Crippen molar-refractivity contribution in [3.8, 4) is 0 Å². The Morgan fingerprint density at radius 1 is 1.10 bits per heavy atom. The topological polar surface area (TPSA) is 110 Å². The van der Waals surface area contributed by atoms with Gasteiger partial charge in [-0.1, -0.05) is 18.9 Å². The molecule has 1 unspecified atom stereocenters. The number of benzene rings is 1. The van der Waals surface area contributed by atoms with E-state index in [4.69, 9.17) is 0 Å². The van der Waals surface area contributed by atoms with Gasteiger partial charge in [-0.15, -0.1) is 0 Å². The Morgan fingerprint density at radius 2 is 1.83 bits per heavy atom. The number of nitrogens with one attached hydrogen (secondary N) is 2. The predicted octanol–water partition coefficient (Wildman–Crippen LogP) is 2.61. The molecule has 3 rings (SSSR count). The lowest BCUT2D eigenvalue weighted by Gasteiger charge is -2.31. The number of amides is 2. The molecule has 0 bridgehead atoms. The number of nitro groups is 1. The van der Waals surface area contributed by atoms with Crippen molar-refractivity contribution in [3.63, 3.8) is 0 Å². The number of non-ortho nitro benzene ring substituents is 1. The summed E-state index contributed by atoms with van der Waals surface area (Å²) >= 11 is 0. The molecule has 1 aliphatic rings. The van der Waals surface area contributed by atoms with Gasteiger partial charge in [0.15, 0.2) is 0 Å². The number of likely N-dealkylation sites (tertiary alicyclic amines) is 1. The largest absolute Gasteiger partial charge is 0.353 e. The lowest BCUT2D eigenvalue weighted by molar-refractivity contribution is -0.384. The van der Waals surface area contributed by atoms with Crippen LogP contribution in [0.15, 0.2) is 42.6 Å². The highest BCUT2D eigenvalue weighted by atomic mass is 16.6. The smallest absolute Gasteiger partial charge is 0.313 e. The normalized spacial score (nSPS) is 15.8. The van der Waals surface area contributed by atoms with Crippen LogP contribution in [0.2, 0.25) is 0 Å². The van der Waals surface area contributed by atoms with Gasteiger partial charge in [-0.25, -0.2) is 0 Å². The fourth-order valence-corrected chi connectivity index (χ4v) is 3.80. The zero-order valence-corrected chi connectivity index (χ0v) is 17.0. The molecule has 2 N–H and O–H groups in total. The summed E-state index contributed by atoms with van der Waals surface area (Å²) in [6.07, 6.45) is 6.60. The molecule has 1 aliphatic heterocycles. The summed E-state index contributed by atoms with van der Waals surface area (Å²) in [5.41, 5.74) is 1.13. The molecule has 1 atom stereocenters. The third-order valence-corrected chi connectivity index (χ3v) is 5.38. The Morgan fingerprint density at radius 3 is 2.47 bits per heavy atom. The zero-order valence-electron chi connectivity index (χ0n) is 17.0. The number of hydrogen-bond donors (Lipinski definition) is 2.